The number of ether oxygens (including phenoxy) is 2. The molecule has 2 bridgehead atoms. The van der Waals surface area contributed by atoms with Crippen LogP contribution in [0, 0.1) is 40.4 Å². The number of aliphatic hydroxyl groups excluding tert-OH is 1. The summed E-state index contributed by atoms with van der Waals surface area (Å²) in [6.07, 6.45) is 11.9. The van der Waals surface area contributed by atoms with E-state index >= 15 is 0 Å². The van der Waals surface area contributed by atoms with E-state index in [-0.39, 0.29) is 53.0 Å². The first kappa shape index (κ1) is 30.6. The zero-order valence-corrected chi connectivity index (χ0v) is 26.8. The second kappa shape index (κ2) is 10.4. The van der Waals surface area contributed by atoms with Gasteiger partial charge in [0.2, 0.25) is 5.78 Å². The molecule has 1 aliphatic heterocycles. The van der Waals surface area contributed by atoms with E-state index in [1.54, 1.807) is 0 Å². The molecule has 0 unspecified atom stereocenters. The van der Waals surface area contributed by atoms with Gasteiger partial charge >= 0.3 is 11.9 Å². The molecule has 0 aromatic heterocycles. The van der Waals surface area contributed by atoms with Crippen molar-refractivity contribution in [3.63, 3.8) is 0 Å². The van der Waals surface area contributed by atoms with Crippen LogP contribution in [-0.2, 0) is 23.9 Å². The van der Waals surface area contributed by atoms with Crippen molar-refractivity contribution in [3.05, 3.63) is 57.9 Å². The van der Waals surface area contributed by atoms with Crippen molar-refractivity contribution in [1.29, 1.82) is 0 Å². The zero-order chi connectivity index (χ0) is 30.9. The van der Waals surface area contributed by atoms with Gasteiger partial charge in [0.25, 0.3) is 0 Å². The highest BCUT2D eigenvalue weighted by Gasteiger charge is 2.66. The van der Waals surface area contributed by atoms with Gasteiger partial charge in [-0.1, -0.05) is 67.4 Å². The average molecular weight is 577 g/mol. The maximum absolute atomic E-state index is 14.8. The van der Waals surface area contributed by atoms with Crippen LogP contribution in [0.3, 0.4) is 0 Å². The normalized spacial score (nSPS) is 44.7. The van der Waals surface area contributed by atoms with Gasteiger partial charge in [0.1, 0.15) is 17.4 Å². The minimum absolute atomic E-state index is 0.0417. The highest BCUT2D eigenvalue weighted by molar-refractivity contribution is 6.26. The van der Waals surface area contributed by atoms with Crippen LogP contribution < -0.4 is 0 Å². The van der Waals surface area contributed by atoms with Crippen molar-refractivity contribution in [2.24, 2.45) is 40.4 Å². The van der Waals surface area contributed by atoms with E-state index in [2.05, 4.69) is 65.8 Å². The van der Waals surface area contributed by atoms with Gasteiger partial charge in [-0.15, -0.1) is 0 Å². The number of Topliss-reactive ketones (excluding diaryl/α,β-unsaturated/α-hetero) is 1. The van der Waals surface area contributed by atoms with Gasteiger partial charge in [0.05, 0.1) is 5.41 Å². The predicted octanol–water partition coefficient (Wildman–Crippen LogP) is 7.52. The first-order valence-corrected chi connectivity index (χ1v) is 15.7. The topological polar surface area (TPSA) is 89.9 Å². The molecule has 6 nitrogen and oxygen atoms in total. The lowest BCUT2D eigenvalue weighted by Crippen LogP contribution is -2.54. The number of allylic oxidation sites excluding steroid dienone is 6. The predicted molar refractivity (Wildman–Crippen MR) is 162 cm³/mol. The minimum Gasteiger partial charge on any atom is -0.511 e. The molecule has 6 heteroatoms. The molecule has 1 spiro atoms. The van der Waals surface area contributed by atoms with E-state index in [4.69, 9.17) is 9.47 Å². The second-order valence-electron chi connectivity index (χ2n) is 14.5. The Labute approximate surface area is 251 Å². The standard InChI is InChI=1S/C36H48O6/c1-19-11-10-12-20(2)29-22(4)15-26-27(41-25(7)37)14-13-21(3)30(26)35(29,9)31(38)28-32(39)36(42-33(28)40)18-24(6)23(5)17-34(36,8)16-19/h12,15-17,21,24,26-27,29-30,38H,10-11,13-14,18H2,1-9H3/b19-16+,20-12+,31-28?/t21-,24-,26+,27+,29-,30+,34+,35+,36-/m0/s1. The van der Waals surface area contributed by atoms with Crippen LogP contribution in [0.2, 0.25) is 0 Å². The van der Waals surface area contributed by atoms with Crippen LogP contribution in [0.25, 0.3) is 0 Å². The maximum atomic E-state index is 14.8. The van der Waals surface area contributed by atoms with E-state index in [9.17, 15) is 19.5 Å². The van der Waals surface area contributed by atoms with Crippen molar-refractivity contribution in [1.82, 2.24) is 0 Å². The summed E-state index contributed by atoms with van der Waals surface area (Å²) in [7, 11) is 0. The third kappa shape index (κ3) is 4.38. The summed E-state index contributed by atoms with van der Waals surface area (Å²) in [4.78, 5) is 40.8. The summed E-state index contributed by atoms with van der Waals surface area (Å²) in [6, 6.07) is 0. The summed E-state index contributed by atoms with van der Waals surface area (Å²) in [6.45, 7) is 18.0. The molecule has 9 atom stereocenters. The first-order valence-electron chi connectivity index (χ1n) is 15.7. The van der Waals surface area contributed by atoms with Crippen LogP contribution in [0.15, 0.2) is 57.9 Å². The molecule has 1 saturated heterocycles. The number of hydrogen-bond acceptors (Lipinski definition) is 6. The Balaban J connectivity index is 1.80. The average Bonchev–Trinajstić information content (AvgIpc) is 3.13. The highest BCUT2D eigenvalue weighted by Crippen LogP contribution is 2.62. The van der Waals surface area contributed by atoms with Crippen molar-refractivity contribution in [3.8, 4) is 0 Å². The van der Waals surface area contributed by atoms with E-state index in [0.717, 1.165) is 48.0 Å². The van der Waals surface area contributed by atoms with Crippen LogP contribution >= 0.6 is 0 Å². The molecule has 228 valence electrons. The number of ketones is 1. The Morgan fingerprint density at radius 2 is 1.71 bits per heavy atom. The molecule has 0 aromatic carbocycles. The fraction of sp³-hybridized carbons (Fsp3) is 0.639. The molecule has 1 heterocycles. The molecule has 5 rings (SSSR count). The molecule has 4 aliphatic carbocycles. The van der Waals surface area contributed by atoms with E-state index in [0.29, 0.717) is 6.42 Å². The number of hydrogen-bond donors (Lipinski definition) is 1. The Hall–Kier alpha value is -2.89. The van der Waals surface area contributed by atoms with Crippen LogP contribution in [0.1, 0.15) is 94.4 Å². The second-order valence-corrected chi connectivity index (χ2v) is 14.5. The van der Waals surface area contributed by atoms with Gasteiger partial charge in [0, 0.05) is 30.6 Å². The van der Waals surface area contributed by atoms with Gasteiger partial charge in [-0.2, -0.15) is 0 Å². The maximum Gasteiger partial charge on any atom is 0.346 e. The zero-order valence-electron chi connectivity index (χ0n) is 26.8. The number of esters is 2. The lowest BCUT2D eigenvalue weighted by Gasteiger charge is -2.56. The van der Waals surface area contributed by atoms with Crippen LogP contribution in [-0.4, -0.2) is 34.5 Å². The number of fused-ring (bicyclic) bond motifs is 4. The van der Waals surface area contributed by atoms with Gasteiger partial charge in [-0.25, -0.2) is 4.79 Å². The minimum atomic E-state index is -1.42. The van der Waals surface area contributed by atoms with Crippen LogP contribution in [0.5, 0.6) is 0 Å². The third-order valence-corrected chi connectivity index (χ3v) is 11.5. The summed E-state index contributed by atoms with van der Waals surface area (Å²) < 4.78 is 12.1. The number of rotatable bonds is 1. The molecule has 5 aliphatic rings. The van der Waals surface area contributed by atoms with Crippen molar-refractivity contribution in [2.75, 3.05) is 0 Å². The fourth-order valence-corrected chi connectivity index (χ4v) is 9.60. The molecular formula is C36H48O6. The largest absolute Gasteiger partial charge is 0.511 e. The summed E-state index contributed by atoms with van der Waals surface area (Å²) in [5.74, 6) is -2.01. The fourth-order valence-electron chi connectivity index (χ4n) is 9.60. The van der Waals surface area contributed by atoms with Crippen LogP contribution in [0.4, 0.5) is 0 Å². The molecule has 0 aromatic rings. The van der Waals surface area contributed by atoms with Crippen molar-refractivity contribution >= 4 is 17.7 Å². The third-order valence-electron chi connectivity index (χ3n) is 11.5. The Kier molecular flexibility index (Phi) is 7.55. The molecule has 2 fully saturated rings. The molecular weight excluding hydrogens is 528 g/mol. The number of carbonyl (C=O) groups is 3. The van der Waals surface area contributed by atoms with Crippen molar-refractivity contribution in [2.45, 2.75) is 106 Å². The first-order chi connectivity index (χ1) is 19.6. The lowest BCUT2D eigenvalue weighted by atomic mass is 9.49. The molecule has 1 saturated carbocycles. The Morgan fingerprint density at radius 1 is 1.02 bits per heavy atom. The molecule has 42 heavy (non-hydrogen) atoms. The Morgan fingerprint density at radius 3 is 2.38 bits per heavy atom. The van der Waals surface area contributed by atoms with Gasteiger partial charge in [-0.3, -0.25) is 9.59 Å². The monoisotopic (exact) mass is 576 g/mol. The Bertz CT molecular complexity index is 1370. The van der Waals surface area contributed by atoms with E-state index in [1.807, 2.05) is 13.8 Å². The number of aliphatic hydroxyl groups is 1. The van der Waals surface area contributed by atoms with E-state index < -0.39 is 28.2 Å². The number of carbonyl (C=O) groups excluding carboxylic acids is 3. The van der Waals surface area contributed by atoms with Gasteiger partial charge in [0.15, 0.2) is 5.60 Å². The highest BCUT2D eigenvalue weighted by atomic mass is 16.6. The van der Waals surface area contributed by atoms with Crippen molar-refractivity contribution < 1.29 is 29.0 Å². The summed E-state index contributed by atoms with van der Waals surface area (Å²) in [5, 5.41) is 12.5. The molecule has 0 radical (unpaired) electrons. The van der Waals surface area contributed by atoms with E-state index in [1.165, 1.54) is 6.92 Å². The molecule has 0 amide bonds. The van der Waals surface area contributed by atoms with Gasteiger partial charge in [-0.05, 0) is 78.1 Å². The SMILES string of the molecule is CC(=O)O[C@@H]1CC[C@H](C)[C@@H]2[C@@H]1C=C(C)[C@@H]1/C(C)=C/CC/C(C)=C/[C@]3(C)C=C(C)[C@@H](C)C[C@@]34OC(=O)C(=C(O)[C@@]21C)C4=O. The molecule has 1 N–H and O–H groups in total. The summed E-state index contributed by atoms with van der Waals surface area (Å²) >= 11 is 0. The quantitative estimate of drug-likeness (QED) is 0.197. The lowest BCUT2D eigenvalue weighted by molar-refractivity contribution is -0.162. The van der Waals surface area contributed by atoms with Gasteiger partial charge < -0.3 is 14.6 Å². The summed E-state index contributed by atoms with van der Waals surface area (Å²) in [5.41, 5.74) is 0.982. The smallest absolute Gasteiger partial charge is 0.346 e.